The van der Waals surface area contributed by atoms with E-state index in [4.69, 9.17) is 16.0 Å². The SMILES string of the molecule is O=C(c1ccco1)c1ccc(Cl)s1. The van der Waals surface area contributed by atoms with Crippen molar-refractivity contribution in [2.45, 2.75) is 0 Å². The van der Waals surface area contributed by atoms with Crippen molar-refractivity contribution in [1.29, 1.82) is 0 Å². The lowest BCUT2D eigenvalue weighted by atomic mass is 10.2. The van der Waals surface area contributed by atoms with Crippen molar-refractivity contribution in [2.75, 3.05) is 0 Å². The van der Waals surface area contributed by atoms with Crippen LogP contribution in [0.4, 0.5) is 0 Å². The predicted molar refractivity (Wildman–Crippen MR) is 51.5 cm³/mol. The number of ketones is 1. The maximum Gasteiger partial charge on any atom is 0.238 e. The number of halogens is 1. The monoisotopic (exact) mass is 212 g/mol. The van der Waals surface area contributed by atoms with Crippen molar-refractivity contribution in [2.24, 2.45) is 0 Å². The second-order valence-electron chi connectivity index (χ2n) is 2.41. The molecular formula is C9H5ClO2S. The fourth-order valence-corrected chi connectivity index (χ4v) is 1.95. The Morgan fingerprint density at radius 3 is 2.77 bits per heavy atom. The Kier molecular flexibility index (Phi) is 2.20. The highest BCUT2D eigenvalue weighted by molar-refractivity contribution is 7.18. The van der Waals surface area contributed by atoms with Crippen LogP contribution < -0.4 is 0 Å². The van der Waals surface area contributed by atoms with Gasteiger partial charge in [-0.05, 0) is 24.3 Å². The number of carbonyl (C=O) groups excluding carboxylic acids is 1. The molecule has 2 heterocycles. The molecule has 13 heavy (non-hydrogen) atoms. The lowest BCUT2D eigenvalue weighted by molar-refractivity contribution is 0.101. The van der Waals surface area contributed by atoms with Gasteiger partial charge >= 0.3 is 0 Å². The van der Waals surface area contributed by atoms with Gasteiger partial charge in [0, 0.05) is 0 Å². The second kappa shape index (κ2) is 3.36. The summed E-state index contributed by atoms with van der Waals surface area (Å²) >= 11 is 6.95. The van der Waals surface area contributed by atoms with Crippen LogP contribution in [0.15, 0.2) is 34.9 Å². The highest BCUT2D eigenvalue weighted by Crippen LogP contribution is 2.23. The molecule has 0 aliphatic carbocycles. The number of carbonyl (C=O) groups is 1. The standard InChI is InChI=1S/C9H5ClO2S/c10-8-4-3-7(13-8)9(11)6-2-1-5-12-6/h1-5H. The fourth-order valence-electron chi connectivity index (χ4n) is 0.966. The minimum absolute atomic E-state index is 0.123. The van der Waals surface area contributed by atoms with Crippen LogP contribution in [0.25, 0.3) is 0 Å². The van der Waals surface area contributed by atoms with Gasteiger partial charge in [-0.25, -0.2) is 0 Å². The molecule has 4 heteroatoms. The number of thiophene rings is 1. The summed E-state index contributed by atoms with van der Waals surface area (Å²) in [4.78, 5) is 12.2. The molecule has 2 nitrogen and oxygen atoms in total. The molecule has 0 bridgehead atoms. The third-order valence-electron chi connectivity index (χ3n) is 1.54. The van der Waals surface area contributed by atoms with E-state index in [1.165, 1.54) is 17.6 Å². The van der Waals surface area contributed by atoms with Crippen molar-refractivity contribution in [3.63, 3.8) is 0 Å². The summed E-state index contributed by atoms with van der Waals surface area (Å²) in [6, 6.07) is 6.71. The van der Waals surface area contributed by atoms with Gasteiger partial charge in [-0.1, -0.05) is 11.6 Å². The summed E-state index contributed by atoms with van der Waals surface area (Å²) in [5.74, 6) is 0.223. The predicted octanol–water partition coefficient (Wildman–Crippen LogP) is 3.23. The third kappa shape index (κ3) is 1.66. The van der Waals surface area contributed by atoms with E-state index < -0.39 is 0 Å². The molecule has 2 rings (SSSR count). The largest absolute Gasteiger partial charge is 0.461 e. The van der Waals surface area contributed by atoms with E-state index in [0.717, 1.165) is 0 Å². The van der Waals surface area contributed by atoms with Crippen LogP contribution in [-0.2, 0) is 0 Å². The van der Waals surface area contributed by atoms with Gasteiger partial charge in [0.15, 0.2) is 5.76 Å². The zero-order valence-electron chi connectivity index (χ0n) is 6.49. The molecule has 0 amide bonds. The van der Waals surface area contributed by atoms with Crippen molar-refractivity contribution in [1.82, 2.24) is 0 Å². The summed E-state index contributed by atoms with van der Waals surface area (Å²) in [5, 5.41) is 0. The molecule has 0 unspecified atom stereocenters. The van der Waals surface area contributed by atoms with Gasteiger partial charge in [-0.2, -0.15) is 0 Å². The van der Waals surface area contributed by atoms with E-state index in [-0.39, 0.29) is 5.78 Å². The molecule has 0 saturated carbocycles. The van der Waals surface area contributed by atoms with E-state index >= 15 is 0 Å². The maximum absolute atomic E-state index is 11.6. The van der Waals surface area contributed by atoms with Crippen molar-refractivity contribution in [3.8, 4) is 0 Å². The minimum atomic E-state index is -0.123. The van der Waals surface area contributed by atoms with Crippen LogP contribution in [0.1, 0.15) is 15.4 Å². The Morgan fingerprint density at radius 1 is 1.38 bits per heavy atom. The van der Waals surface area contributed by atoms with E-state index in [1.54, 1.807) is 24.3 Å². The Morgan fingerprint density at radius 2 is 2.23 bits per heavy atom. The molecule has 0 aromatic carbocycles. The topological polar surface area (TPSA) is 30.2 Å². The quantitative estimate of drug-likeness (QED) is 0.716. The molecule has 0 atom stereocenters. The Labute approximate surface area is 83.8 Å². The molecule has 0 fully saturated rings. The summed E-state index contributed by atoms with van der Waals surface area (Å²) in [6.07, 6.45) is 1.47. The number of hydrogen-bond donors (Lipinski definition) is 0. The number of furan rings is 1. The average Bonchev–Trinajstić information content (AvgIpc) is 2.72. The Bertz CT molecular complexity index is 417. The molecule has 0 aliphatic heterocycles. The van der Waals surface area contributed by atoms with E-state index in [0.29, 0.717) is 15.0 Å². The average molecular weight is 213 g/mol. The zero-order chi connectivity index (χ0) is 9.26. The first-order valence-electron chi connectivity index (χ1n) is 3.61. The fraction of sp³-hybridized carbons (Fsp3) is 0. The molecule has 0 saturated heterocycles. The first kappa shape index (κ1) is 8.53. The van der Waals surface area contributed by atoms with Gasteiger partial charge in [-0.3, -0.25) is 4.79 Å². The Hall–Kier alpha value is -1.06. The molecule has 0 N–H and O–H groups in total. The molecular weight excluding hydrogens is 208 g/mol. The smallest absolute Gasteiger partial charge is 0.238 e. The maximum atomic E-state index is 11.6. The van der Waals surface area contributed by atoms with Crippen LogP contribution in [0, 0.1) is 0 Å². The van der Waals surface area contributed by atoms with Gasteiger partial charge in [0.05, 0.1) is 15.5 Å². The van der Waals surface area contributed by atoms with Crippen LogP contribution in [0.3, 0.4) is 0 Å². The molecule has 2 aromatic rings. The number of hydrogen-bond acceptors (Lipinski definition) is 3. The third-order valence-corrected chi connectivity index (χ3v) is 2.77. The summed E-state index contributed by atoms with van der Waals surface area (Å²) in [5.41, 5.74) is 0. The van der Waals surface area contributed by atoms with Gasteiger partial charge < -0.3 is 4.42 Å². The minimum Gasteiger partial charge on any atom is -0.461 e. The molecule has 66 valence electrons. The van der Waals surface area contributed by atoms with Crippen molar-refractivity contribution < 1.29 is 9.21 Å². The van der Waals surface area contributed by atoms with Gasteiger partial charge in [0.25, 0.3) is 0 Å². The highest BCUT2D eigenvalue weighted by Gasteiger charge is 2.13. The number of rotatable bonds is 2. The van der Waals surface area contributed by atoms with Crippen LogP contribution >= 0.6 is 22.9 Å². The molecule has 0 radical (unpaired) electrons. The van der Waals surface area contributed by atoms with E-state index in [2.05, 4.69) is 0 Å². The van der Waals surface area contributed by atoms with E-state index in [1.807, 2.05) is 0 Å². The van der Waals surface area contributed by atoms with Crippen molar-refractivity contribution >= 4 is 28.7 Å². The molecule has 2 aromatic heterocycles. The van der Waals surface area contributed by atoms with Crippen LogP contribution in [0.5, 0.6) is 0 Å². The zero-order valence-corrected chi connectivity index (χ0v) is 8.06. The van der Waals surface area contributed by atoms with Crippen LogP contribution in [0.2, 0.25) is 4.34 Å². The van der Waals surface area contributed by atoms with Gasteiger partial charge in [0.2, 0.25) is 5.78 Å². The summed E-state index contributed by atoms with van der Waals surface area (Å²) < 4.78 is 5.58. The van der Waals surface area contributed by atoms with E-state index in [9.17, 15) is 4.79 Å². The van der Waals surface area contributed by atoms with Crippen LogP contribution in [-0.4, -0.2) is 5.78 Å². The molecule has 0 spiro atoms. The van der Waals surface area contributed by atoms with Crippen molar-refractivity contribution in [3.05, 3.63) is 45.5 Å². The molecule has 0 aliphatic rings. The lowest BCUT2D eigenvalue weighted by Crippen LogP contribution is -1.94. The summed E-state index contributed by atoms with van der Waals surface area (Å²) in [7, 11) is 0. The summed E-state index contributed by atoms with van der Waals surface area (Å²) in [6.45, 7) is 0. The first-order chi connectivity index (χ1) is 6.27. The normalized spacial score (nSPS) is 10.2. The first-order valence-corrected chi connectivity index (χ1v) is 4.80. The lowest BCUT2D eigenvalue weighted by Gasteiger charge is -1.89. The highest BCUT2D eigenvalue weighted by atomic mass is 35.5. The van der Waals surface area contributed by atoms with Gasteiger partial charge in [-0.15, -0.1) is 11.3 Å². The van der Waals surface area contributed by atoms with Gasteiger partial charge in [0.1, 0.15) is 0 Å². The second-order valence-corrected chi connectivity index (χ2v) is 4.13. The Balaban J connectivity index is 2.33.